The van der Waals surface area contributed by atoms with Gasteiger partial charge in [-0.25, -0.2) is 4.99 Å². The van der Waals surface area contributed by atoms with Gasteiger partial charge in [0.15, 0.2) is 17.5 Å². The summed E-state index contributed by atoms with van der Waals surface area (Å²) in [6.07, 6.45) is 2.52. The van der Waals surface area contributed by atoms with E-state index < -0.39 is 6.61 Å². The molecular weight excluding hydrogens is 366 g/mol. The molecule has 1 aliphatic carbocycles. The third-order valence-corrected chi connectivity index (χ3v) is 4.63. The molecule has 0 radical (unpaired) electrons. The molecule has 0 aliphatic heterocycles. The average Bonchev–Trinajstić information content (AvgIpc) is 3.46. The minimum absolute atomic E-state index is 0.0445. The largest absolute Gasteiger partial charge is 0.490 e. The molecule has 158 valence electrons. The van der Waals surface area contributed by atoms with Crippen LogP contribution < -0.4 is 20.1 Å². The number of alkyl halides is 2. The Morgan fingerprint density at radius 1 is 1.25 bits per heavy atom. The van der Waals surface area contributed by atoms with Crippen LogP contribution in [0.5, 0.6) is 11.5 Å². The third-order valence-electron chi connectivity index (χ3n) is 4.63. The predicted octanol–water partition coefficient (Wildman–Crippen LogP) is 3.08. The molecule has 0 bridgehead atoms. The Morgan fingerprint density at radius 3 is 2.57 bits per heavy atom. The van der Waals surface area contributed by atoms with E-state index in [0.29, 0.717) is 36.5 Å². The van der Waals surface area contributed by atoms with Crippen molar-refractivity contribution >= 4 is 5.96 Å². The summed E-state index contributed by atoms with van der Waals surface area (Å²) in [5.41, 5.74) is 0.551. The number of likely N-dealkylation sites (N-methyl/N-ethyl adjacent to an activating group) is 1. The van der Waals surface area contributed by atoms with Crippen molar-refractivity contribution in [2.45, 2.75) is 45.9 Å². The lowest BCUT2D eigenvalue weighted by Crippen LogP contribution is -2.46. The molecule has 1 fully saturated rings. The fraction of sp³-hybridized carbons (Fsp3) is 0.650. The number of hydrogen-bond acceptors (Lipinski definition) is 4. The average molecular weight is 398 g/mol. The van der Waals surface area contributed by atoms with Crippen LogP contribution in [0.15, 0.2) is 23.2 Å². The fourth-order valence-corrected chi connectivity index (χ4v) is 3.14. The maximum absolute atomic E-state index is 12.9. The SMILES string of the molecule is CCNC(=NCc1cccc(OCC)c1OC(F)F)NCC(C1CC1)N(C)C. The molecular formula is C20H32F2N4O2. The second-order valence-electron chi connectivity index (χ2n) is 7.00. The number of nitrogens with zero attached hydrogens (tertiary/aromatic N) is 2. The lowest BCUT2D eigenvalue weighted by Gasteiger charge is -2.25. The van der Waals surface area contributed by atoms with Crippen molar-refractivity contribution in [3.63, 3.8) is 0 Å². The van der Waals surface area contributed by atoms with Crippen molar-refractivity contribution in [3.8, 4) is 11.5 Å². The van der Waals surface area contributed by atoms with Crippen molar-refractivity contribution in [3.05, 3.63) is 23.8 Å². The summed E-state index contributed by atoms with van der Waals surface area (Å²) in [4.78, 5) is 6.79. The lowest BCUT2D eigenvalue weighted by atomic mass is 10.1. The Bertz CT molecular complexity index is 635. The quantitative estimate of drug-likeness (QED) is 0.443. The maximum Gasteiger partial charge on any atom is 0.387 e. The van der Waals surface area contributed by atoms with Gasteiger partial charge in [0, 0.05) is 24.7 Å². The van der Waals surface area contributed by atoms with Crippen molar-refractivity contribution in [1.29, 1.82) is 0 Å². The highest BCUT2D eigenvalue weighted by Gasteiger charge is 2.32. The molecule has 0 aromatic heterocycles. The smallest absolute Gasteiger partial charge is 0.387 e. The summed E-state index contributed by atoms with van der Waals surface area (Å²) in [5, 5.41) is 6.58. The van der Waals surface area contributed by atoms with E-state index in [1.54, 1.807) is 25.1 Å². The number of rotatable bonds is 11. The van der Waals surface area contributed by atoms with Crippen LogP contribution in [0.1, 0.15) is 32.3 Å². The first-order chi connectivity index (χ1) is 13.5. The van der Waals surface area contributed by atoms with Gasteiger partial charge in [0.05, 0.1) is 13.2 Å². The third kappa shape index (κ3) is 6.82. The number of guanidine groups is 1. The van der Waals surface area contributed by atoms with Gasteiger partial charge in [0.2, 0.25) is 0 Å². The Morgan fingerprint density at radius 2 is 2.00 bits per heavy atom. The maximum atomic E-state index is 12.9. The van der Waals surface area contributed by atoms with Crippen LogP contribution in [0.25, 0.3) is 0 Å². The van der Waals surface area contributed by atoms with Crippen LogP contribution in [0.4, 0.5) is 8.78 Å². The molecule has 0 spiro atoms. The molecule has 0 saturated heterocycles. The van der Waals surface area contributed by atoms with Crippen molar-refractivity contribution in [2.24, 2.45) is 10.9 Å². The van der Waals surface area contributed by atoms with E-state index >= 15 is 0 Å². The molecule has 1 aromatic carbocycles. The monoisotopic (exact) mass is 398 g/mol. The van der Waals surface area contributed by atoms with E-state index in [0.717, 1.165) is 12.5 Å². The van der Waals surface area contributed by atoms with Gasteiger partial charge in [0.1, 0.15) is 0 Å². The molecule has 1 aromatic rings. The number of hydrogen-bond donors (Lipinski definition) is 2. The van der Waals surface area contributed by atoms with Crippen molar-refractivity contribution < 1.29 is 18.3 Å². The van der Waals surface area contributed by atoms with Gasteiger partial charge in [-0.05, 0) is 52.8 Å². The summed E-state index contributed by atoms with van der Waals surface area (Å²) in [7, 11) is 4.17. The minimum atomic E-state index is -2.92. The van der Waals surface area contributed by atoms with Crippen molar-refractivity contribution in [1.82, 2.24) is 15.5 Å². The number of para-hydroxylation sites is 1. The lowest BCUT2D eigenvalue weighted by molar-refractivity contribution is -0.0520. The van der Waals surface area contributed by atoms with E-state index in [4.69, 9.17) is 9.47 Å². The Hall–Kier alpha value is -2.09. The summed E-state index contributed by atoms with van der Waals surface area (Å²) in [6, 6.07) is 5.54. The molecule has 0 heterocycles. The van der Waals surface area contributed by atoms with E-state index in [1.807, 2.05) is 6.92 Å². The number of aliphatic imine (C=N–C) groups is 1. The zero-order chi connectivity index (χ0) is 20.5. The van der Waals surface area contributed by atoms with Gasteiger partial charge in [-0.15, -0.1) is 0 Å². The first kappa shape index (κ1) is 22.2. The van der Waals surface area contributed by atoms with E-state index in [-0.39, 0.29) is 12.3 Å². The highest BCUT2D eigenvalue weighted by atomic mass is 19.3. The van der Waals surface area contributed by atoms with Crippen molar-refractivity contribution in [2.75, 3.05) is 33.8 Å². The second-order valence-corrected chi connectivity index (χ2v) is 7.00. The summed E-state index contributed by atoms with van der Waals surface area (Å²) < 4.78 is 35.9. The van der Waals surface area contributed by atoms with Gasteiger partial charge in [0.25, 0.3) is 0 Å². The molecule has 2 N–H and O–H groups in total. The van der Waals surface area contributed by atoms with Crippen LogP contribution in [0, 0.1) is 5.92 Å². The molecule has 1 unspecified atom stereocenters. The summed E-state index contributed by atoms with van der Waals surface area (Å²) in [6.45, 7) is 2.92. The predicted molar refractivity (Wildman–Crippen MR) is 107 cm³/mol. The normalized spacial score (nSPS) is 15.6. The van der Waals surface area contributed by atoms with Gasteiger partial charge >= 0.3 is 6.61 Å². The minimum Gasteiger partial charge on any atom is -0.490 e. The van der Waals surface area contributed by atoms with E-state index in [2.05, 4.69) is 34.6 Å². The van der Waals surface area contributed by atoms with Gasteiger partial charge in [-0.1, -0.05) is 12.1 Å². The van der Waals surface area contributed by atoms with Crippen LogP contribution >= 0.6 is 0 Å². The molecule has 0 amide bonds. The molecule has 1 atom stereocenters. The van der Waals surface area contributed by atoms with Gasteiger partial charge < -0.3 is 25.0 Å². The molecule has 8 heteroatoms. The van der Waals surface area contributed by atoms with Crippen LogP contribution in [0.3, 0.4) is 0 Å². The first-order valence-electron chi connectivity index (χ1n) is 9.84. The first-order valence-corrected chi connectivity index (χ1v) is 9.84. The Balaban J connectivity index is 2.11. The molecule has 28 heavy (non-hydrogen) atoms. The van der Waals surface area contributed by atoms with Crippen LogP contribution in [0.2, 0.25) is 0 Å². The summed E-state index contributed by atoms with van der Waals surface area (Å²) >= 11 is 0. The number of benzene rings is 1. The number of nitrogens with one attached hydrogen (secondary N) is 2. The molecule has 1 saturated carbocycles. The summed E-state index contributed by atoms with van der Waals surface area (Å²) in [5.74, 6) is 1.72. The highest BCUT2D eigenvalue weighted by molar-refractivity contribution is 5.79. The van der Waals surface area contributed by atoms with Crippen LogP contribution in [-0.2, 0) is 6.54 Å². The van der Waals surface area contributed by atoms with Crippen LogP contribution in [-0.4, -0.2) is 57.3 Å². The Labute approximate surface area is 166 Å². The standard InChI is InChI=1S/C20H32F2N4O2/c1-5-23-20(25-13-16(26(3)4)14-10-11-14)24-12-15-8-7-9-17(27-6-2)18(15)28-19(21)22/h7-9,14,16,19H,5-6,10-13H2,1-4H3,(H2,23,24,25). The molecule has 6 nitrogen and oxygen atoms in total. The zero-order valence-corrected chi connectivity index (χ0v) is 17.2. The van der Waals surface area contributed by atoms with E-state index in [1.165, 1.54) is 12.8 Å². The molecule has 1 aliphatic rings. The Kier molecular flexibility index (Phi) is 8.76. The van der Waals surface area contributed by atoms with Gasteiger partial charge in [-0.2, -0.15) is 8.78 Å². The molecule has 2 rings (SSSR count). The van der Waals surface area contributed by atoms with E-state index in [9.17, 15) is 8.78 Å². The number of ether oxygens (including phenoxy) is 2. The highest BCUT2D eigenvalue weighted by Crippen LogP contribution is 2.34. The van der Waals surface area contributed by atoms with Gasteiger partial charge in [-0.3, -0.25) is 0 Å². The topological polar surface area (TPSA) is 58.1 Å². The number of halogens is 2. The second kappa shape index (κ2) is 11.0. The zero-order valence-electron chi connectivity index (χ0n) is 17.2. The fourth-order valence-electron chi connectivity index (χ4n) is 3.14.